The molecular formula is C13H15Cl2Hf-3. The maximum atomic E-state index is 2.26. The SMILES string of the molecule is CC(C)(C)c1c[cH-]c2ccccc12.[Cl-].[Cl-].[Hf]. The fraction of sp³-hybridized carbons (Fsp3) is 0.308. The van der Waals surface area contributed by atoms with Crippen molar-refractivity contribution in [3.63, 3.8) is 0 Å². The quantitative estimate of drug-likeness (QED) is 0.337. The topological polar surface area (TPSA) is 0 Å². The van der Waals surface area contributed by atoms with Gasteiger partial charge in [0.15, 0.2) is 0 Å². The molecule has 0 aliphatic rings. The Morgan fingerprint density at radius 3 is 2.12 bits per heavy atom. The van der Waals surface area contributed by atoms with Crippen LogP contribution in [0.4, 0.5) is 0 Å². The van der Waals surface area contributed by atoms with Gasteiger partial charge < -0.3 is 24.8 Å². The average molecular weight is 421 g/mol. The fourth-order valence-electron chi connectivity index (χ4n) is 1.80. The van der Waals surface area contributed by atoms with Crippen molar-refractivity contribution in [3.05, 3.63) is 42.0 Å². The second-order valence-electron chi connectivity index (χ2n) is 4.58. The Bertz CT molecular complexity index is 427. The molecule has 0 amide bonds. The summed E-state index contributed by atoms with van der Waals surface area (Å²) in [6, 6.07) is 13.0. The van der Waals surface area contributed by atoms with E-state index in [1.807, 2.05) is 0 Å². The number of hydrogen-bond donors (Lipinski definition) is 0. The maximum Gasteiger partial charge on any atom is 0 e. The minimum Gasteiger partial charge on any atom is -1.00 e. The number of halogens is 2. The number of hydrogen-bond acceptors (Lipinski definition) is 0. The Morgan fingerprint density at radius 1 is 1.00 bits per heavy atom. The van der Waals surface area contributed by atoms with Crippen molar-refractivity contribution in [1.82, 2.24) is 0 Å². The van der Waals surface area contributed by atoms with Crippen molar-refractivity contribution in [1.29, 1.82) is 0 Å². The molecule has 0 saturated heterocycles. The van der Waals surface area contributed by atoms with Crippen molar-refractivity contribution < 1.29 is 50.7 Å². The van der Waals surface area contributed by atoms with E-state index in [0.29, 0.717) is 0 Å². The molecule has 2 aromatic carbocycles. The van der Waals surface area contributed by atoms with Crippen LogP contribution in [0.15, 0.2) is 36.4 Å². The Kier molecular flexibility index (Phi) is 8.02. The Morgan fingerprint density at radius 2 is 1.56 bits per heavy atom. The Balaban J connectivity index is 0. The van der Waals surface area contributed by atoms with Crippen molar-refractivity contribution in [2.45, 2.75) is 26.2 Å². The van der Waals surface area contributed by atoms with Crippen LogP contribution >= 0.6 is 0 Å². The summed E-state index contributed by atoms with van der Waals surface area (Å²) in [5.74, 6) is 0. The molecule has 3 heteroatoms. The summed E-state index contributed by atoms with van der Waals surface area (Å²) < 4.78 is 0. The zero-order chi connectivity index (χ0) is 9.47. The van der Waals surface area contributed by atoms with Crippen LogP contribution in [0.25, 0.3) is 10.8 Å². The summed E-state index contributed by atoms with van der Waals surface area (Å²) in [5.41, 5.74) is 1.70. The van der Waals surface area contributed by atoms with E-state index in [9.17, 15) is 0 Å². The minimum absolute atomic E-state index is 0. The number of fused-ring (bicyclic) bond motifs is 1. The molecule has 0 saturated carbocycles. The third-order valence-electron chi connectivity index (χ3n) is 2.49. The van der Waals surface area contributed by atoms with Crippen LogP contribution < -0.4 is 24.8 Å². The van der Waals surface area contributed by atoms with Gasteiger partial charge in [-0.25, -0.2) is 0 Å². The molecule has 16 heavy (non-hydrogen) atoms. The maximum absolute atomic E-state index is 2.26. The van der Waals surface area contributed by atoms with E-state index in [0.717, 1.165) is 0 Å². The van der Waals surface area contributed by atoms with Crippen LogP contribution in [-0.2, 0) is 31.3 Å². The van der Waals surface area contributed by atoms with Gasteiger partial charge in [-0.1, -0.05) is 32.3 Å². The van der Waals surface area contributed by atoms with Crippen molar-refractivity contribution in [3.8, 4) is 0 Å². The molecule has 0 aliphatic heterocycles. The summed E-state index contributed by atoms with van der Waals surface area (Å²) in [5, 5.41) is 2.75. The van der Waals surface area contributed by atoms with Crippen LogP contribution in [-0.4, -0.2) is 0 Å². The van der Waals surface area contributed by atoms with E-state index in [4.69, 9.17) is 0 Å². The van der Waals surface area contributed by atoms with Gasteiger partial charge in [-0.05, 0) is 0 Å². The molecule has 88 valence electrons. The molecule has 2 aromatic rings. The zero-order valence-electron chi connectivity index (χ0n) is 9.72. The number of rotatable bonds is 0. The summed E-state index contributed by atoms with van der Waals surface area (Å²) in [6.07, 6.45) is 0. The predicted octanol–water partition coefficient (Wildman–Crippen LogP) is -2.14. The van der Waals surface area contributed by atoms with Gasteiger partial charge in [-0.2, -0.15) is 0 Å². The van der Waals surface area contributed by atoms with E-state index in [1.54, 1.807) is 0 Å². The van der Waals surface area contributed by atoms with Gasteiger partial charge in [0.25, 0.3) is 0 Å². The minimum atomic E-state index is 0. The third kappa shape index (κ3) is 3.65. The summed E-state index contributed by atoms with van der Waals surface area (Å²) in [7, 11) is 0. The zero-order valence-corrected chi connectivity index (χ0v) is 14.8. The van der Waals surface area contributed by atoms with E-state index in [2.05, 4.69) is 57.2 Å². The smallest absolute Gasteiger partial charge is 0 e. The second-order valence-corrected chi connectivity index (χ2v) is 4.58. The summed E-state index contributed by atoms with van der Waals surface area (Å²) in [4.78, 5) is 0. The fourth-order valence-corrected chi connectivity index (χ4v) is 1.80. The standard InChI is InChI=1S/C13H15.2ClH.Hf/c1-13(2,3)12-9-8-10-6-4-5-7-11(10)12;;;/h4-9H,1-3H3;2*1H;/q-1;;;/p-2. The van der Waals surface area contributed by atoms with Gasteiger partial charge in [-0.15, -0.1) is 46.7 Å². The van der Waals surface area contributed by atoms with Gasteiger partial charge in [-0.3, -0.25) is 0 Å². The molecular weight excluding hydrogens is 406 g/mol. The summed E-state index contributed by atoms with van der Waals surface area (Å²) in [6.45, 7) is 6.78. The normalized spacial score (nSPS) is 9.94. The molecule has 0 aromatic heterocycles. The molecule has 0 aliphatic carbocycles. The van der Waals surface area contributed by atoms with E-state index >= 15 is 0 Å². The van der Waals surface area contributed by atoms with Gasteiger partial charge in [0, 0.05) is 25.8 Å². The molecule has 0 radical (unpaired) electrons. The molecule has 0 unspecified atom stereocenters. The first kappa shape index (κ1) is 18.6. The largest absolute Gasteiger partial charge is 1.00 e. The van der Waals surface area contributed by atoms with Crippen molar-refractivity contribution in [2.75, 3.05) is 0 Å². The Hall–Kier alpha value is 0.280. The molecule has 0 fully saturated rings. The molecule has 0 N–H and O–H groups in total. The predicted molar refractivity (Wildman–Crippen MR) is 58.2 cm³/mol. The van der Waals surface area contributed by atoms with E-state index in [-0.39, 0.29) is 56.1 Å². The Labute approximate surface area is 129 Å². The molecule has 2 rings (SSSR count). The van der Waals surface area contributed by atoms with E-state index in [1.165, 1.54) is 16.3 Å². The molecule has 0 nitrogen and oxygen atoms in total. The first-order chi connectivity index (χ1) is 6.09. The molecule has 0 bridgehead atoms. The van der Waals surface area contributed by atoms with Gasteiger partial charge in [0.1, 0.15) is 0 Å². The summed E-state index contributed by atoms with van der Waals surface area (Å²) >= 11 is 0. The number of benzene rings is 1. The van der Waals surface area contributed by atoms with Crippen LogP contribution in [0.3, 0.4) is 0 Å². The van der Waals surface area contributed by atoms with E-state index < -0.39 is 0 Å². The monoisotopic (exact) mass is 421 g/mol. The van der Waals surface area contributed by atoms with Crippen LogP contribution in [0.1, 0.15) is 26.3 Å². The first-order valence-electron chi connectivity index (χ1n) is 4.74. The average Bonchev–Trinajstić information content (AvgIpc) is 2.45. The van der Waals surface area contributed by atoms with Crippen LogP contribution in [0.2, 0.25) is 0 Å². The van der Waals surface area contributed by atoms with Crippen LogP contribution in [0.5, 0.6) is 0 Å². The molecule has 0 heterocycles. The third-order valence-corrected chi connectivity index (χ3v) is 2.49. The molecule has 0 spiro atoms. The second kappa shape index (κ2) is 6.88. The van der Waals surface area contributed by atoms with Crippen molar-refractivity contribution in [2.24, 2.45) is 0 Å². The van der Waals surface area contributed by atoms with Crippen molar-refractivity contribution >= 4 is 10.8 Å². The van der Waals surface area contributed by atoms with Gasteiger partial charge in [0.05, 0.1) is 0 Å². The van der Waals surface area contributed by atoms with Gasteiger partial charge in [0.2, 0.25) is 0 Å². The first-order valence-corrected chi connectivity index (χ1v) is 4.74. The molecule has 0 atom stereocenters. The van der Waals surface area contributed by atoms with Crippen LogP contribution in [0, 0.1) is 0 Å². The van der Waals surface area contributed by atoms with Gasteiger partial charge >= 0.3 is 0 Å².